The van der Waals surface area contributed by atoms with Crippen molar-refractivity contribution < 1.29 is 19.4 Å². The predicted octanol–water partition coefficient (Wildman–Crippen LogP) is -0.0343. The van der Waals surface area contributed by atoms with Crippen LogP contribution in [0.4, 0.5) is 0 Å². The van der Waals surface area contributed by atoms with Crippen LogP contribution in [-0.2, 0) is 14.3 Å². The fourth-order valence-electron chi connectivity index (χ4n) is 1.27. The molecule has 0 spiro atoms. The van der Waals surface area contributed by atoms with Gasteiger partial charge in [-0.2, -0.15) is 0 Å². The number of nitrogens with one attached hydrogen (secondary N) is 1. The molecular weight excluding hydrogens is 224 g/mol. The van der Waals surface area contributed by atoms with Gasteiger partial charge in [-0.3, -0.25) is 4.79 Å². The van der Waals surface area contributed by atoms with E-state index in [-0.39, 0.29) is 18.9 Å². The molecule has 3 atom stereocenters. The minimum absolute atomic E-state index is 0.0203. The lowest BCUT2D eigenvalue weighted by Crippen LogP contribution is -2.50. The van der Waals surface area contributed by atoms with E-state index in [4.69, 9.17) is 15.6 Å². The normalized spacial score (nSPS) is 16.0. The van der Waals surface area contributed by atoms with Crippen LogP contribution in [0.2, 0.25) is 0 Å². The van der Waals surface area contributed by atoms with Crippen LogP contribution in [0.15, 0.2) is 0 Å². The zero-order chi connectivity index (χ0) is 13.4. The molecule has 0 aromatic carbocycles. The zero-order valence-corrected chi connectivity index (χ0v) is 10.6. The summed E-state index contributed by atoms with van der Waals surface area (Å²) in [6, 6.07) is -1.62. The van der Waals surface area contributed by atoms with Crippen molar-refractivity contribution in [2.75, 3.05) is 13.7 Å². The summed E-state index contributed by atoms with van der Waals surface area (Å²) in [5, 5.41) is 11.3. The number of aliphatic carboxylic acids is 1. The number of carbonyl (C=O) groups is 2. The van der Waals surface area contributed by atoms with Gasteiger partial charge in [-0.1, -0.05) is 20.3 Å². The number of nitrogens with two attached hydrogens (primary N) is 1. The smallest absolute Gasteiger partial charge is 0.326 e. The minimum Gasteiger partial charge on any atom is -0.480 e. The molecule has 0 aromatic heterocycles. The van der Waals surface area contributed by atoms with Crippen LogP contribution < -0.4 is 11.1 Å². The summed E-state index contributed by atoms with van der Waals surface area (Å²) in [5.74, 6) is -1.48. The van der Waals surface area contributed by atoms with E-state index in [0.717, 1.165) is 6.42 Å². The molecule has 0 aliphatic carbocycles. The minimum atomic E-state index is -1.08. The Labute approximate surface area is 102 Å². The lowest BCUT2D eigenvalue weighted by atomic mass is 9.99. The molecule has 6 nitrogen and oxygen atoms in total. The number of ether oxygens (including phenoxy) is 1. The summed E-state index contributed by atoms with van der Waals surface area (Å²) in [5.41, 5.74) is 5.71. The van der Waals surface area contributed by atoms with E-state index in [9.17, 15) is 9.59 Å². The fourth-order valence-corrected chi connectivity index (χ4v) is 1.27. The molecule has 4 N–H and O–H groups in total. The van der Waals surface area contributed by atoms with Gasteiger partial charge in [0.2, 0.25) is 5.91 Å². The Morgan fingerprint density at radius 2 is 2.06 bits per heavy atom. The van der Waals surface area contributed by atoms with E-state index in [0.29, 0.717) is 0 Å². The molecule has 0 bridgehead atoms. The van der Waals surface area contributed by atoms with Crippen LogP contribution >= 0.6 is 0 Å². The monoisotopic (exact) mass is 246 g/mol. The summed E-state index contributed by atoms with van der Waals surface area (Å²) in [4.78, 5) is 22.6. The third kappa shape index (κ3) is 5.65. The second kappa shape index (κ2) is 8.03. The fraction of sp³-hybridized carbons (Fsp3) is 0.818. The van der Waals surface area contributed by atoms with Crippen LogP contribution in [-0.4, -0.2) is 42.8 Å². The van der Waals surface area contributed by atoms with Gasteiger partial charge in [-0.05, 0) is 5.92 Å². The Kier molecular flexibility index (Phi) is 7.49. The van der Waals surface area contributed by atoms with Crippen LogP contribution in [0.25, 0.3) is 0 Å². The van der Waals surface area contributed by atoms with E-state index < -0.39 is 24.0 Å². The second-order valence-corrected chi connectivity index (χ2v) is 4.09. The number of carbonyl (C=O) groups excluding carboxylic acids is 1. The molecule has 0 aromatic rings. The van der Waals surface area contributed by atoms with Crippen molar-refractivity contribution in [3.63, 3.8) is 0 Å². The average molecular weight is 246 g/mol. The maximum absolute atomic E-state index is 11.7. The van der Waals surface area contributed by atoms with Gasteiger partial charge in [0.25, 0.3) is 0 Å². The van der Waals surface area contributed by atoms with E-state index in [1.165, 1.54) is 7.11 Å². The van der Waals surface area contributed by atoms with Gasteiger partial charge in [0.15, 0.2) is 0 Å². The van der Waals surface area contributed by atoms with E-state index in [1.807, 2.05) is 13.8 Å². The van der Waals surface area contributed by atoms with Gasteiger partial charge >= 0.3 is 5.97 Å². The Bertz CT molecular complexity index is 258. The zero-order valence-electron chi connectivity index (χ0n) is 10.6. The predicted molar refractivity (Wildman–Crippen MR) is 63.5 cm³/mol. The van der Waals surface area contributed by atoms with Crippen LogP contribution in [0.5, 0.6) is 0 Å². The molecule has 1 unspecified atom stereocenters. The van der Waals surface area contributed by atoms with E-state index in [1.54, 1.807) is 0 Å². The summed E-state index contributed by atoms with van der Waals surface area (Å²) in [6.45, 7) is 4.06. The maximum atomic E-state index is 11.7. The van der Waals surface area contributed by atoms with Crippen molar-refractivity contribution in [2.45, 2.75) is 38.8 Å². The highest BCUT2D eigenvalue weighted by molar-refractivity contribution is 5.86. The van der Waals surface area contributed by atoms with Crippen LogP contribution in [0.1, 0.15) is 26.7 Å². The SMILES string of the molecule is CC[C@H](C)[C@H](N)C(=O)NC(CCOC)C(=O)O. The summed E-state index contributed by atoms with van der Waals surface area (Å²) < 4.78 is 4.79. The molecule has 0 saturated heterocycles. The first-order chi connectivity index (χ1) is 7.93. The number of rotatable bonds is 8. The number of methoxy groups -OCH3 is 1. The summed E-state index contributed by atoms with van der Waals surface area (Å²) in [6.07, 6.45) is 0.995. The van der Waals surface area contributed by atoms with Gasteiger partial charge in [0.05, 0.1) is 6.04 Å². The molecule has 0 heterocycles. The lowest BCUT2D eigenvalue weighted by molar-refractivity contribution is -0.142. The first-order valence-corrected chi connectivity index (χ1v) is 5.71. The first-order valence-electron chi connectivity index (χ1n) is 5.71. The van der Waals surface area contributed by atoms with E-state index >= 15 is 0 Å². The third-order valence-electron chi connectivity index (χ3n) is 2.78. The van der Waals surface area contributed by atoms with Gasteiger partial charge in [0.1, 0.15) is 6.04 Å². The van der Waals surface area contributed by atoms with E-state index in [2.05, 4.69) is 5.32 Å². The molecule has 17 heavy (non-hydrogen) atoms. The highest BCUT2D eigenvalue weighted by Gasteiger charge is 2.25. The molecule has 0 saturated carbocycles. The molecule has 6 heteroatoms. The van der Waals surface area contributed by atoms with Gasteiger partial charge in [-0.15, -0.1) is 0 Å². The average Bonchev–Trinajstić information content (AvgIpc) is 2.31. The Morgan fingerprint density at radius 3 is 2.47 bits per heavy atom. The Balaban J connectivity index is 4.34. The lowest BCUT2D eigenvalue weighted by Gasteiger charge is -2.21. The maximum Gasteiger partial charge on any atom is 0.326 e. The Morgan fingerprint density at radius 1 is 1.47 bits per heavy atom. The van der Waals surface area contributed by atoms with Gasteiger partial charge < -0.3 is 20.9 Å². The largest absolute Gasteiger partial charge is 0.480 e. The van der Waals surface area contributed by atoms with Crippen molar-refractivity contribution in [1.29, 1.82) is 0 Å². The number of carboxylic acids is 1. The van der Waals surface area contributed by atoms with Crippen molar-refractivity contribution >= 4 is 11.9 Å². The quantitative estimate of drug-likeness (QED) is 0.558. The van der Waals surface area contributed by atoms with Gasteiger partial charge in [0, 0.05) is 20.1 Å². The van der Waals surface area contributed by atoms with Gasteiger partial charge in [-0.25, -0.2) is 4.79 Å². The first kappa shape index (κ1) is 15.9. The second-order valence-electron chi connectivity index (χ2n) is 4.09. The number of hydrogen-bond acceptors (Lipinski definition) is 4. The van der Waals surface area contributed by atoms with Crippen molar-refractivity contribution in [2.24, 2.45) is 11.7 Å². The topological polar surface area (TPSA) is 102 Å². The van der Waals surface area contributed by atoms with Crippen LogP contribution in [0, 0.1) is 5.92 Å². The molecule has 0 rings (SSSR count). The molecule has 0 radical (unpaired) electrons. The van der Waals surface area contributed by atoms with Crippen molar-refractivity contribution in [3.8, 4) is 0 Å². The highest BCUT2D eigenvalue weighted by atomic mass is 16.5. The van der Waals surface area contributed by atoms with Crippen LogP contribution in [0.3, 0.4) is 0 Å². The number of amides is 1. The Hall–Kier alpha value is -1.14. The summed E-state index contributed by atoms with van der Waals surface area (Å²) in [7, 11) is 1.48. The van der Waals surface area contributed by atoms with Crippen molar-refractivity contribution in [1.82, 2.24) is 5.32 Å². The third-order valence-corrected chi connectivity index (χ3v) is 2.78. The standard InChI is InChI=1S/C11H22N2O4/c1-4-7(2)9(12)10(14)13-8(11(15)16)5-6-17-3/h7-9H,4-6,12H2,1-3H3,(H,13,14)(H,15,16)/t7-,8?,9-/m0/s1. The molecule has 100 valence electrons. The molecule has 1 amide bonds. The molecule has 0 aliphatic heterocycles. The molecule has 0 fully saturated rings. The molecule has 0 aliphatic rings. The number of carboxylic acid groups (broad SMARTS) is 1. The molecular formula is C11H22N2O4. The van der Waals surface area contributed by atoms with Crippen molar-refractivity contribution in [3.05, 3.63) is 0 Å². The number of hydrogen-bond donors (Lipinski definition) is 3. The summed E-state index contributed by atoms with van der Waals surface area (Å²) >= 11 is 0. The highest BCUT2D eigenvalue weighted by Crippen LogP contribution is 2.06.